The van der Waals surface area contributed by atoms with Crippen LogP contribution in [0.4, 0.5) is 0 Å². The molecule has 5 rings (SSSR count). The number of fused-ring (bicyclic) bond motifs is 1. The minimum Gasteiger partial charge on any atom is -0.387 e. The minimum atomic E-state index is -1.15. The van der Waals surface area contributed by atoms with Gasteiger partial charge in [-0.05, 0) is 117 Å². The Kier molecular flexibility index (Phi) is 13.4. The van der Waals surface area contributed by atoms with Crippen LogP contribution >= 0.6 is 0 Å². The second-order valence-corrected chi connectivity index (χ2v) is 16.2. The number of ether oxygens (including phenoxy) is 2. The molecular formula is C44H62O6. The van der Waals surface area contributed by atoms with E-state index in [9.17, 15) is 10.2 Å². The van der Waals surface area contributed by atoms with Gasteiger partial charge in [-0.1, -0.05) is 106 Å². The number of hydrogen-bond acceptors (Lipinski definition) is 6. The van der Waals surface area contributed by atoms with Crippen molar-refractivity contribution in [1.82, 2.24) is 0 Å². The number of hydrogen-bond donors (Lipinski definition) is 2. The molecule has 3 aliphatic carbocycles. The van der Waals surface area contributed by atoms with E-state index in [1.54, 1.807) is 0 Å². The van der Waals surface area contributed by atoms with E-state index in [0.717, 1.165) is 67.2 Å². The van der Waals surface area contributed by atoms with Gasteiger partial charge in [0.05, 0.1) is 24.4 Å². The first-order valence-electron chi connectivity index (χ1n) is 18.9. The molecule has 3 aliphatic rings. The summed E-state index contributed by atoms with van der Waals surface area (Å²) in [5.41, 5.74) is 2.75. The SMILES string of the molecule is C=C1CC[C@H](COOCc2ccccc2)C/C1=C/C(O)C1(O)CCC[C@]2(C)[C@@H]([C@H](C)/C=C/[C@H](C)C(C)(C)OCOCc3ccccc3)CC[C@@H]12. The second-order valence-electron chi connectivity index (χ2n) is 16.2. The van der Waals surface area contributed by atoms with E-state index >= 15 is 0 Å². The Morgan fingerprint density at radius 1 is 0.920 bits per heavy atom. The number of aliphatic hydroxyl groups excluding tert-OH is 1. The minimum absolute atomic E-state index is 0.0396. The van der Waals surface area contributed by atoms with Crippen molar-refractivity contribution in [2.45, 2.75) is 117 Å². The van der Waals surface area contributed by atoms with Gasteiger partial charge in [-0.3, -0.25) is 0 Å². The van der Waals surface area contributed by atoms with Gasteiger partial charge in [0.15, 0.2) is 0 Å². The third kappa shape index (κ3) is 9.44. The van der Waals surface area contributed by atoms with Gasteiger partial charge in [0.2, 0.25) is 0 Å². The van der Waals surface area contributed by atoms with Gasteiger partial charge in [0.1, 0.15) is 19.5 Å². The Morgan fingerprint density at radius 2 is 1.60 bits per heavy atom. The van der Waals surface area contributed by atoms with Crippen molar-refractivity contribution in [3.05, 3.63) is 108 Å². The molecule has 2 unspecified atom stereocenters. The van der Waals surface area contributed by atoms with E-state index in [0.29, 0.717) is 38.1 Å². The summed E-state index contributed by atoms with van der Waals surface area (Å²) in [5, 5.41) is 24.1. The molecule has 0 bridgehead atoms. The maximum absolute atomic E-state index is 12.3. The first-order chi connectivity index (χ1) is 23.9. The Balaban J connectivity index is 1.15. The molecule has 8 atom stereocenters. The van der Waals surface area contributed by atoms with E-state index in [2.05, 4.69) is 65.5 Å². The third-order valence-electron chi connectivity index (χ3n) is 12.5. The molecular weight excluding hydrogens is 624 g/mol. The fourth-order valence-electron chi connectivity index (χ4n) is 8.94. The van der Waals surface area contributed by atoms with Crippen LogP contribution in [-0.4, -0.2) is 40.9 Å². The van der Waals surface area contributed by atoms with E-state index in [1.807, 2.05) is 54.6 Å². The molecule has 6 heteroatoms. The largest absolute Gasteiger partial charge is 0.387 e. The lowest BCUT2D eigenvalue weighted by Gasteiger charge is -2.52. The van der Waals surface area contributed by atoms with Crippen LogP contribution in [0, 0.1) is 35.0 Å². The topological polar surface area (TPSA) is 77.4 Å². The maximum Gasteiger partial charge on any atom is 0.147 e. The number of benzene rings is 2. The van der Waals surface area contributed by atoms with Crippen LogP contribution in [0.2, 0.25) is 0 Å². The summed E-state index contributed by atoms with van der Waals surface area (Å²) in [6, 6.07) is 20.2. The van der Waals surface area contributed by atoms with Crippen LogP contribution < -0.4 is 0 Å². The second kappa shape index (κ2) is 17.3. The zero-order valence-electron chi connectivity index (χ0n) is 31.2. The summed E-state index contributed by atoms with van der Waals surface area (Å²) in [4.78, 5) is 11.1. The van der Waals surface area contributed by atoms with Crippen molar-refractivity contribution in [1.29, 1.82) is 0 Å². The molecule has 0 radical (unpaired) electrons. The number of aliphatic hydroxyl groups is 2. The zero-order valence-corrected chi connectivity index (χ0v) is 31.2. The lowest BCUT2D eigenvalue weighted by Crippen LogP contribution is -2.56. The molecule has 0 heterocycles. The van der Waals surface area contributed by atoms with Crippen molar-refractivity contribution in [3.8, 4) is 0 Å². The predicted octanol–water partition coefficient (Wildman–Crippen LogP) is 9.52. The van der Waals surface area contributed by atoms with Gasteiger partial charge in [-0.25, -0.2) is 9.78 Å². The molecule has 3 saturated carbocycles. The smallest absolute Gasteiger partial charge is 0.147 e. The Bertz CT molecular complexity index is 1420. The first kappa shape index (κ1) is 38.6. The van der Waals surface area contributed by atoms with Gasteiger partial charge < -0.3 is 19.7 Å². The van der Waals surface area contributed by atoms with E-state index in [-0.39, 0.29) is 35.6 Å². The summed E-state index contributed by atoms with van der Waals surface area (Å²) >= 11 is 0. The lowest BCUT2D eigenvalue weighted by atomic mass is 9.56. The molecule has 0 aliphatic heterocycles. The maximum atomic E-state index is 12.3. The highest BCUT2D eigenvalue weighted by Crippen LogP contribution is 2.61. The quantitative estimate of drug-likeness (QED) is 0.0602. The van der Waals surface area contributed by atoms with Crippen molar-refractivity contribution in [3.63, 3.8) is 0 Å². The molecule has 0 spiro atoms. The van der Waals surface area contributed by atoms with Crippen LogP contribution in [0.5, 0.6) is 0 Å². The average molecular weight is 687 g/mol. The molecule has 3 fully saturated rings. The average Bonchev–Trinajstić information content (AvgIpc) is 3.48. The van der Waals surface area contributed by atoms with Crippen LogP contribution in [0.3, 0.4) is 0 Å². The zero-order chi connectivity index (χ0) is 35.8. The van der Waals surface area contributed by atoms with Crippen LogP contribution in [-0.2, 0) is 32.5 Å². The molecule has 2 N–H and O–H groups in total. The summed E-state index contributed by atoms with van der Waals surface area (Å²) in [6.45, 7) is 17.2. The summed E-state index contributed by atoms with van der Waals surface area (Å²) in [7, 11) is 0. The van der Waals surface area contributed by atoms with Crippen LogP contribution in [0.15, 0.2) is 96.6 Å². The van der Waals surface area contributed by atoms with Crippen molar-refractivity contribution in [2.24, 2.45) is 35.0 Å². The highest BCUT2D eigenvalue weighted by molar-refractivity contribution is 5.33. The van der Waals surface area contributed by atoms with Crippen LogP contribution in [0.1, 0.15) is 97.1 Å². The standard InChI is InChI=1S/C44H62O6/c1-32-19-21-37(30-50-49-29-36-16-11-8-12-17-36)26-38(32)27-41(45)44(46)25-13-24-43(6)39(22-23-40(43)44)33(2)18-20-34(3)42(4,5)48-31-47-28-35-14-9-7-10-15-35/h7-12,14-18,20,27,33-34,37,39-41,45-46H,1,13,19,21-26,28-31H2,2-6H3/b20-18+,38-27-/t33-,34+,37+,39-,40-,41?,43-,44?/m1/s1. The van der Waals surface area contributed by atoms with Gasteiger partial charge in [-0.15, -0.1) is 0 Å². The summed E-state index contributed by atoms with van der Waals surface area (Å²) in [5.74, 6) is 1.29. The van der Waals surface area contributed by atoms with E-state index in [4.69, 9.17) is 19.2 Å². The molecule has 2 aromatic rings. The highest BCUT2D eigenvalue weighted by atomic mass is 17.2. The third-order valence-corrected chi connectivity index (χ3v) is 12.5. The van der Waals surface area contributed by atoms with Gasteiger partial charge in [-0.2, -0.15) is 0 Å². The van der Waals surface area contributed by atoms with Crippen molar-refractivity contribution >= 4 is 0 Å². The Morgan fingerprint density at radius 3 is 2.30 bits per heavy atom. The molecule has 0 aromatic heterocycles. The fraction of sp³-hybridized carbons (Fsp3) is 0.591. The Hall–Kier alpha value is -2.58. The Labute approximate surface area is 301 Å². The highest BCUT2D eigenvalue weighted by Gasteiger charge is 2.59. The van der Waals surface area contributed by atoms with Crippen molar-refractivity contribution < 1.29 is 29.5 Å². The molecule has 274 valence electrons. The normalized spacial score (nSPS) is 30.0. The van der Waals surface area contributed by atoms with Gasteiger partial charge >= 0.3 is 0 Å². The van der Waals surface area contributed by atoms with Crippen molar-refractivity contribution in [2.75, 3.05) is 13.4 Å². The first-order valence-corrected chi connectivity index (χ1v) is 18.9. The van der Waals surface area contributed by atoms with E-state index in [1.165, 1.54) is 0 Å². The molecule has 0 saturated heterocycles. The van der Waals surface area contributed by atoms with Gasteiger partial charge in [0, 0.05) is 5.92 Å². The number of allylic oxidation sites excluding steroid dienone is 3. The lowest BCUT2D eigenvalue weighted by molar-refractivity contribution is -0.310. The van der Waals surface area contributed by atoms with Gasteiger partial charge in [0.25, 0.3) is 0 Å². The number of rotatable bonds is 16. The molecule has 6 nitrogen and oxygen atoms in total. The monoisotopic (exact) mass is 686 g/mol. The van der Waals surface area contributed by atoms with Crippen LogP contribution in [0.25, 0.3) is 0 Å². The molecule has 0 amide bonds. The molecule has 50 heavy (non-hydrogen) atoms. The van der Waals surface area contributed by atoms with E-state index < -0.39 is 11.7 Å². The summed E-state index contributed by atoms with van der Waals surface area (Å²) < 4.78 is 12.0. The molecule has 2 aromatic carbocycles. The predicted molar refractivity (Wildman–Crippen MR) is 200 cm³/mol. The summed E-state index contributed by atoms with van der Waals surface area (Å²) in [6.07, 6.45) is 12.8. The fourth-order valence-corrected chi connectivity index (χ4v) is 8.94.